The number of furan rings is 1. The van der Waals surface area contributed by atoms with Crippen molar-refractivity contribution in [2.24, 2.45) is 0 Å². The highest BCUT2D eigenvalue weighted by molar-refractivity contribution is 6.04. The molecule has 3 aromatic rings. The van der Waals surface area contributed by atoms with Gasteiger partial charge in [-0.2, -0.15) is 0 Å². The highest BCUT2D eigenvalue weighted by Crippen LogP contribution is 2.29. The van der Waals surface area contributed by atoms with Crippen molar-refractivity contribution in [2.45, 2.75) is 13.0 Å². The maximum Gasteiger partial charge on any atom is 0.339 e. The van der Waals surface area contributed by atoms with E-state index >= 15 is 0 Å². The molecule has 3 rings (SSSR count). The smallest absolute Gasteiger partial charge is 0.339 e. The van der Waals surface area contributed by atoms with E-state index in [-0.39, 0.29) is 11.6 Å². The lowest BCUT2D eigenvalue weighted by molar-refractivity contribution is 0.0697. The van der Waals surface area contributed by atoms with Gasteiger partial charge in [0.25, 0.3) is 0 Å². The van der Waals surface area contributed by atoms with Gasteiger partial charge in [-0.1, -0.05) is 18.2 Å². The molecule has 0 saturated heterocycles. The molecule has 21 heavy (non-hydrogen) atoms. The number of para-hydroxylation sites is 1. The Morgan fingerprint density at radius 3 is 2.81 bits per heavy atom. The van der Waals surface area contributed by atoms with E-state index in [0.29, 0.717) is 5.69 Å². The summed E-state index contributed by atoms with van der Waals surface area (Å²) >= 11 is 0. The van der Waals surface area contributed by atoms with E-state index in [1.807, 2.05) is 37.3 Å². The van der Waals surface area contributed by atoms with Crippen LogP contribution in [0.4, 0.5) is 5.69 Å². The number of pyridine rings is 1. The number of carboxylic acids is 1. The molecule has 0 bridgehead atoms. The first-order valence-electron chi connectivity index (χ1n) is 6.58. The average Bonchev–Trinajstić information content (AvgIpc) is 3.01. The number of aromatic carboxylic acids is 1. The summed E-state index contributed by atoms with van der Waals surface area (Å²) in [7, 11) is 0. The van der Waals surface area contributed by atoms with Crippen molar-refractivity contribution < 1.29 is 14.3 Å². The molecule has 0 aliphatic rings. The first kappa shape index (κ1) is 13.2. The number of nitrogens with zero attached hydrogens (tertiary/aromatic N) is 1. The SMILES string of the molecule is CC(Nc1c(C(=O)O)cnc2ccccc12)c1ccco1. The zero-order valence-corrected chi connectivity index (χ0v) is 11.4. The Balaban J connectivity index is 2.10. The van der Waals surface area contributed by atoms with Gasteiger partial charge in [0.15, 0.2) is 0 Å². The number of aromatic nitrogens is 1. The van der Waals surface area contributed by atoms with Crippen LogP contribution in [0.25, 0.3) is 10.9 Å². The van der Waals surface area contributed by atoms with Crippen molar-refractivity contribution in [3.8, 4) is 0 Å². The van der Waals surface area contributed by atoms with Crippen LogP contribution in [0.5, 0.6) is 0 Å². The molecule has 1 unspecified atom stereocenters. The molecule has 2 heterocycles. The van der Waals surface area contributed by atoms with E-state index in [1.54, 1.807) is 12.3 Å². The number of carboxylic acid groups (broad SMARTS) is 1. The molecule has 0 fully saturated rings. The van der Waals surface area contributed by atoms with Gasteiger partial charge in [0.05, 0.1) is 23.5 Å². The van der Waals surface area contributed by atoms with Crippen LogP contribution in [0.1, 0.15) is 29.1 Å². The van der Waals surface area contributed by atoms with Crippen LogP contribution in [-0.2, 0) is 0 Å². The number of fused-ring (bicyclic) bond motifs is 1. The monoisotopic (exact) mass is 282 g/mol. The van der Waals surface area contributed by atoms with E-state index in [0.717, 1.165) is 16.7 Å². The van der Waals surface area contributed by atoms with E-state index in [9.17, 15) is 9.90 Å². The maximum absolute atomic E-state index is 11.4. The summed E-state index contributed by atoms with van der Waals surface area (Å²) in [5.74, 6) is -0.269. The van der Waals surface area contributed by atoms with Crippen LogP contribution in [0.2, 0.25) is 0 Å². The fourth-order valence-corrected chi connectivity index (χ4v) is 2.28. The van der Waals surface area contributed by atoms with Gasteiger partial charge in [0.1, 0.15) is 11.3 Å². The van der Waals surface area contributed by atoms with Crippen LogP contribution in [-0.4, -0.2) is 16.1 Å². The highest BCUT2D eigenvalue weighted by atomic mass is 16.4. The highest BCUT2D eigenvalue weighted by Gasteiger charge is 2.17. The van der Waals surface area contributed by atoms with Crippen molar-refractivity contribution in [3.05, 3.63) is 60.2 Å². The van der Waals surface area contributed by atoms with Crippen LogP contribution in [0, 0.1) is 0 Å². The van der Waals surface area contributed by atoms with E-state index in [2.05, 4.69) is 10.3 Å². The molecule has 2 aromatic heterocycles. The second-order valence-electron chi connectivity index (χ2n) is 4.75. The summed E-state index contributed by atoms with van der Waals surface area (Å²) in [4.78, 5) is 15.6. The normalized spacial score (nSPS) is 12.2. The molecule has 2 N–H and O–H groups in total. The Morgan fingerprint density at radius 1 is 1.29 bits per heavy atom. The van der Waals surface area contributed by atoms with Crippen LogP contribution in [0.3, 0.4) is 0 Å². The Kier molecular flexibility index (Phi) is 3.31. The topological polar surface area (TPSA) is 75.4 Å². The number of carbonyl (C=O) groups is 1. The van der Waals surface area contributed by atoms with Gasteiger partial charge in [-0.15, -0.1) is 0 Å². The molecule has 0 aliphatic carbocycles. The number of nitrogens with one attached hydrogen (secondary N) is 1. The minimum atomic E-state index is -1.01. The molecule has 0 amide bonds. The molecule has 0 saturated carbocycles. The van der Waals surface area contributed by atoms with Crippen LogP contribution in [0.15, 0.2) is 53.3 Å². The van der Waals surface area contributed by atoms with Crippen LogP contribution < -0.4 is 5.32 Å². The van der Waals surface area contributed by atoms with Gasteiger partial charge >= 0.3 is 5.97 Å². The largest absolute Gasteiger partial charge is 0.478 e. The zero-order chi connectivity index (χ0) is 14.8. The fraction of sp³-hybridized carbons (Fsp3) is 0.125. The summed E-state index contributed by atoms with van der Waals surface area (Å²) in [6.45, 7) is 1.92. The van der Waals surface area contributed by atoms with E-state index in [4.69, 9.17) is 4.42 Å². The summed E-state index contributed by atoms with van der Waals surface area (Å²) in [5, 5.41) is 13.4. The molecule has 1 atom stereocenters. The first-order chi connectivity index (χ1) is 10.2. The quantitative estimate of drug-likeness (QED) is 0.763. The van der Waals surface area contributed by atoms with Gasteiger partial charge in [-0.25, -0.2) is 4.79 Å². The van der Waals surface area contributed by atoms with Gasteiger partial charge in [-0.05, 0) is 25.1 Å². The van der Waals surface area contributed by atoms with Crippen LogP contribution >= 0.6 is 0 Å². The Labute approximate surface area is 121 Å². The summed E-state index contributed by atoms with van der Waals surface area (Å²) in [6.07, 6.45) is 2.97. The van der Waals surface area contributed by atoms with Gasteiger partial charge in [0.2, 0.25) is 0 Å². The molecular weight excluding hydrogens is 268 g/mol. The van der Waals surface area contributed by atoms with E-state index < -0.39 is 5.97 Å². The van der Waals surface area contributed by atoms with Gasteiger partial charge in [-0.3, -0.25) is 4.98 Å². The third-order valence-corrected chi connectivity index (χ3v) is 3.34. The molecule has 1 aromatic carbocycles. The molecule has 5 nitrogen and oxygen atoms in total. The number of hydrogen-bond donors (Lipinski definition) is 2. The molecule has 106 valence electrons. The summed E-state index contributed by atoms with van der Waals surface area (Å²) < 4.78 is 5.35. The molecule has 0 spiro atoms. The predicted octanol–water partition coefficient (Wildman–Crippen LogP) is 3.70. The first-order valence-corrected chi connectivity index (χ1v) is 6.58. The standard InChI is InChI=1S/C16H14N2O3/c1-10(14-7-4-8-21-14)18-15-11-5-2-3-6-13(11)17-9-12(15)16(19)20/h2-10H,1H3,(H,17,18)(H,19,20). The number of rotatable bonds is 4. The summed E-state index contributed by atoms with van der Waals surface area (Å²) in [6, 6.07) is 10.9. The third kappa shape index (κ3) is 2.45. The number of hydrogen-bond acceptors (Lipinski definition) is 4. The lowest BCUT2D eigenvalue weighted by Gasteiger charge is -2.17. The summed E-state index contributed by atoms with van der Waals surface area (Å²) in [5.41, 5.74) is 1.45. The second kappa shape index (κ2) is 5.28. The van der Waals surface area contributed by atoms with Crippen molar-refractivity contribution in [1.82, 2.24) is 4.98 Å². The average molecular weight is 282 g/mol. The van der Waals surface area contributed by atoms with Gasteiger partial charge in [0, 0.05) is 11.6 Å². The zero-order valence-electron chi connectivity index (χ0n) is 11.4. The van der Waals surface area contributed by atoms with Gasteiger partial charge < -0.3 is 14.8 Å². The van der Waals surface area contributed by atoms with E-state index in [1.165, 1.54) is 6.20 Å². The number of benzene rings is 1. The van der Waals surface area contributed by atoms with Crippen molar-refractivity contribution in [3.63, 3.8) is 0 Å². The fourth-order valence-electron chi connectivity index (χ4n) is 2.28. The Hall–Kier alpha value is -2.82. The molecule has 0 radical (unpaired) electrons. The molecule has 0 aliphatic heterocycles. The molecule has 5 heteroatoms. The Morgan fingerprint density at radius 2 is 2.10 bits per heavy atom. The van der Waals surface area contributed by atoms with Crippen molar-refractivity contribution >= 4 is 22.6 Å². The lowest BCUT2D eigenvalue weighted by atomic mass is 10.1. The lowest BCUT2D eigenvalue weighted by Crippen LogP contribution is -2.11. The predicted molar refractivity (Wildman–Crippen MR) is 79.4 cm³/mol. The van der Waals surface area contributed by atoms with Crippen molar-refractivity contribution in [1.29, 1.82) is 0 Å². The Bertz CT molecular complexity index is 781. The van der Waals surface area contributed by atoms with Crippen molar-refractivity contribution in [2.75, 3.05) is 5.32 Å². The number of anilines is 1. The maximum atomic E-state index is 11.4. The minimum Gasteiger partial charge on any atom is -0.478 e. The second-order valence-corrected chi connectivity index (χ2v) is 4.75. The molecular formula is C16H14N2O3. The minimum absolute atomic E-state index is 0.145. The third-order valence-electron chi connectivity index (χ3n) is 3.34.